The van der Waals surface area contributed by atoms with Crippen LogP contribution < -0.4 is 0 Å². The first-order valence-electron chi connectivity index (χ1n) is 7.44. The summed E-state index contributed by atoms with van der Waals surface area (Å²) in [4.78, 5) is 8.91. The molecule has 0 aromatic heterocycles. The van der Waals surface area contributed by atoms with E-state index in [1.807, 2.05) is 44.3 Å². The maximum absolute atomic E-state index is 4.50. The molecule has 0 aliphatic carbocycles. The van der Waals surface area contributed by atoms with E-state index < -0.39 is 0 Å². The number of hydrogen-bond acceptors (Lipinski definition) is 2. The third-order valence-electron chi connectivity index (χ3n) is 2.96. The molecule has 112 valence electrons. The first-order chi connectivity index (χ1) is 10.5. The maximum Gasteiger partial charge on any atom is 0.0631 e. The molecule has 2 nitrogen and oxygen atoms in total. The predicted molar refractivity (Wildman–Crippen MR) is 97.9 cm³/mol. The molecule has 2 rings (SSSR count). The van der Waals surface area contributed by atoms with Gasteiger partial charge in [-0.2, -0.15) is 0 Å². The Morgan fingerprint density at radius 3 is 1.82 bits per heavy atom. The van der Waals surface area contributed by atoms with Crippen LogP contribution in [0.15, 0.2) is 64.1 Å². The predicted octanol–water partition coefficient (Wildman–Crippen LogP) is 5.97. The molecule has 2 heteroatoms. The topological polar surface area (TPSA) is 24.7 Å². The average Bonchev–Trinajstić information content (AvgIpc) is 2.47. The first-order valence-corrected chi connectivity index (χ1v) is 7.44. The van der Waals surface area contributed by atoms with Crippen LogP contribution in [-0.4, -0.2) is 11.9 Å². The van der Waals surface area contributed by atoms with Gasteiger partial charge in [0.2, 0.25) is 0 Å². The molecule has 0 N–H and O–H groups in total. The van der Waals surface area contributed by atoms with Gasteiger partial charge in [0.15, 0.2) is 0 Å². The van der Waals surface area contributed by atoms with Gasteiger partial charge in [-0.15, -0.1) is 0 Å². The van der Waals surface area contributed by atoms with E-state index in [0.717, 1.165) is 22.6 Å². The smallest absolute Gasteiger partial charge is 0.0631 e. The van der Waals surface area contributed by atoms with Gasteiger partial charge in [0.05, 0.1) is 11.4 Å². The van der Waals surface area contributed by atoms with Crippen molar-refractivity contribution in [1.82, 2.24) is 0 Å². The molecule has 0 saturated heterocycles. The number of benzene rings is 2. The van der Waals surface area contributed by atoms with Crippen LogP contribution in [0, 0.1) is 0 Å². The van der Waals surface area contributed by atoms with Crippen LogP contribution in [0.4, 0.5) is 11.4 Å². The molecule has 0 aliphatic rings. The minimum absolute atomic E-state index is 0.932. The van der Waals surface area contributed by atoms with E-state index >= 15 is 0 Å². The van der Waals surface area contributed by atoms with E-state index in [9.17, 15) is 0 Å². The minimum atomic E-state index is 0.932. The fraction of sp³-hybridized carbons (Fsp3) is 0.200. The number of hydrogen-bond donors (Lipinski definition) is 0. The van der Waals surface area contributed by atoms with Crippen molar-refractivity contribution < 1.29 is 0 Å². The molecule has 0 fully saturated rings. The third kappa shape index (κ3) is 5.13. The molecule has 0 unspecified atom stereocenters. The highest BCUT2D eigenvalue weighted by atomic mass is 14.7. The highest BCUT2D eigenvalue weighted by Gasteiger charge is 1.93. The maximum atomic E-state index is 4.50. The Morgan fingerprint density at radius 2 is 1.27 bits per heavy atom. The number of aliphatic imine (C=N–C) groups is 2. The molecule has 0 saturated carbocycles. The second-order valence-corrected chi connectivity index (χ2v) is 5.72. The van der Waals surface area contributed by atoms with Crippen LogP contribution in [0.25, 0.3) is 6.08 Å². The van der Waals surface area contributed by atoms with E-state index in [1.54, 1.807) is 0 Å². The standard InChI is InChI=1S/C20H22N2/c1-15(2)13-17-5-7-18(8-6-17)14-21-19-9-11-20(12-10-19)22-16(3)4/h5-14H,1-4H3. The molecule has 0 spiro atoms. The Hall–Kier alpha value is -2.48. The molecule has 2 aromatic rings. The van der Waals surface area contributed by atoms with Gasteiger partial charge in [0.25, 0.3) is 0 Å². The Labute approximate surface area is 133 Å². The largest absolute Gasteiger partial charge is 0.258 e. The molecular weight excluding hydrogens is 268 g/mol. The summed E-state index contributed by atoms with van der Waals surface area (Å²) in [5, 5.41) is 0. The molecule has 0 atom stereocenters. The fourth-order valence-corrected chi connectivity index (χ4v) is 2.03. The van der Waals surface area contributed by atoms with Crippen molar-refractivity contribution in [1.29, 1.82) is 0 Å². The van der Waals surface area contributed by atoms with Gasteiger partial charge in [-0.3, -0.25) is 9.98 Å². The molecule has 0 aliphatic heterocycles. The summed E-state index contributed by atoms with van der Waals surface area (Å²) in [5.41, 5.74) is 6.55. The number of allylic oxidation sites excluding steroid dienone is 1. The highest BCUT2D eigenvalue weighted by molar-refractivity contribution is 5.83. The zero-order valence-electron chi connectivity index (χ0n) is 13.7. The molecular formula is C20H22N2. The first kappa shape index (κ1) is 15.9. The Bertz CT molecular complexity index is 631. The lowest BCUT2D eigenvalue weighted by Crippen LogP contribution is -1.81. The lowest BCUT2D eigenvalue weighted by atomic mass is 10.1. The van der Waals surface area contributed by atoms with Crippen molar-refractivity contribution in [3.05, 3.63) is 65.2 Å². The van der Waals surface area contributed by atoms with E-state index in [1.165, 1.54) is 11.1 Å². The average molecular weight is 290 g/mol. The molecule has 22 heavy (non-hydrogen) atoms. The van der Waals surface area contributed by atoms with Crippen molar-refractivity contribution in [2.75, 3.05) is 0 Å². The summed E-state index contributed by atoms with van der Waals surface area (Å²) in [6.07, 6.45) is 4.05. The molecule has 0 bridgehead atoms. The third-order valence-corrected chi connectivity index (χ3v) is 2.96. The van der Waals surface area contributed by atoms with Gasteiger partial charge in [0.1, 0.15) is 0 Å². The quantitative estimate of drug-likeness (QED) is 0.619. The second kappa shape index (κ2) is 7.51. The lowest BCUT2D eigenvalue weighted by molar-refractivity contribution is 1.42. The van der Waals surface area contributed by atoms with Gasteiger partial charge in [-0.25, -0.2) is 0 Å². The van der Waals surface area contributed by atoms with Crippen LogP contribution in [0.2, 0.25) is 0 Å². The van der Waals surface area contributed by atoms with Crippen LogP contribution in [0.5, 0.6) is 0 Å². The summed E-state index contributed by atoms with van der Waals surface area (Å²) in [6.45, 7) is 8.18. The molecule has 0 heterocycles. The molecule has 0 amide bonds. The van der Waals surface area contributed by atoms with E-state index in [-0.39, 0.29) is 0 Å². The van der Waals surface area contributed by atoms with Gasteiger partial charge >= 0.3 is 0 Å². The second-order valence-electron chi connectivity index (χ2n) is 5.72. The number of rotatable bonds is 4. The minimum Gasteiger partial charge on any atom is -0.258 e. The Morgan fingerprint density at radius 1 is 0.727 bits per heavy atom. The van der Waals surface area contributed by atoms with E-state index in [4.69, 9.17) is 0 Å². The van der Waals surface area contributed by atoms with Crippen LogP contribution >= 0.6 is 0 Å². The zero-order valence-corrected chi connectivity index (χ0v) is 13.7. The fourth-order valence-electron chi connectivity index (χ4n) is 2.03. The van der Waals surface area contributed by atoms with Crippen molar-refractivity contribution in [2.45, 2.75) is 27.7 Å². The Balaban J connectivity index is 2.08. The summed E-state index contributed by atoms with van der Waals surface area (Å²) in [6, 6.07) is 16.3. The van der Waals surface area contributed by atoms with Crippen molar-refractivity contribution in [3.63, 3.8) is 0 Å². The zero-order chi connectivity index (χ0) is 15.9. The molecule has 0 radical (unpaired) electrons. The van der Waals surface area contributed by atoms with E-state index in [2.05, 4.69) is 54.2 Å². The summed E-state index contributed by atoms with van der Waals surface area (Å²) in [7, 11) is 0. The van der Waals surface area contributed by atoms with Crippen LogP contribution in [0.1, 0.15) is 38.8 Å². The van der Waals surface area contributed by atoms with Crippen LogP contribution in [0.3, 0.4) is 0 Å². The Kier molecular flexibility index (Phi) is 5.42. The summed E-state index contributed by atoms with van der Waals surface area (Å²) < 4.78 is 0. The van der Waals surface area contributed by atoms with Crippen LogP contribution in [-0.2, 0) is 0 Å². The van der Waals surface area contributed by atoms with E-state index in [0.29, 0.717) is 0 Å². The normalized spacial score (nSPS) is 10.5. The molecule has 2 aromatic carbocycles. The van der Waals surface area contributed by atoms with Gasteiger partial charge < -0.3 is 0 Å². The van der Waals surface area contributed by atoms with Gasteiger partial charge in [-0.05, 0) is 63.1 Å². The van der Waals surface area contributed by atoms with Crippen molar-refractivity contribution >= 4 is 29.4 Å². The number of nitrogens with zero attached hydrogens (tertiary/aromatic N) is 2. The monoisotopic (exact) mass is 290 g/mol. The summed E-state index contributed by atoms with van der Waals surface area (Å²) >= 11 is 0. The SMILES string of the molecule is CC(C)=Cc1ccc(C=Nc2ccc(N=C(C)C)cc2)cc1. The van der Waals surface area contributed by atoms with Gasteiger partial charge in [-0.1, -0.05) is 35.9 Å². The summed E-state index contributed by atoms with van der Waals surface area (Å²) in [5.74, 6) is 0. The van der Waals surface area contributed by atoms with Crippen molar-refractivity contribution in [3.8, 4) is 0 Å². The highest BCUT2D eigenvalue weighted by Crippen LogP contribution is 2.19. The van der Waals surface area contributed by atoms with Crippen molar-refractivity contribution in [2.24, 2.45) is 9.98 Å². The lowest BCUT2D eigenvalue weighted by Gasteiger charge is -1.98. The van der Waals surface area contributed by atoms with Gasteiger partial charge in [0, 0.05) is 11.9 Å².